The Labute approximate surface area is 104 Å². The lowest BCUT2D eigenvalue weighted by Gasteiger charge is -2.13. The summed E-state index contributed by atoms with van der Waals surface area (Å²) in [5, 5.41) is 17.1. The third-order valence-electron chi connectivity index (χ3n) is 3.17. The van der Waals surface area contributed by atoms with E-state index in [1.54, 1.807) is 24.7 Å². The molecule has 6 nitrogen and oxygen atoms in total. The van der Waals surface area contributed by atoms with E-state index in [0.717, 1.165) is 0 Å². The van der Waals surface area contributed by atoms with Crippen LogP contribution in [0, 0.1) is 0 Å². The lowest BCUT2D eigenvalue weighted by molar-refractivity contribution is 0.150. The number of nitrogens with zero attached hydrogens (tertiary/aromatic N) is 3. The molecule has 1 unspecified atom stereocenters. The molecule has 96 valence electrons. The molecule has 2 aromatic rings. The standard InChI is InChI=1S/C12H16N4O2/c17-10(7-13-9-1-2-9)8-15-5-6-16-11(12(15)18)3-4-14-16/h3-6,9-10,13,17H,1-2,7-8H2. The van der Waals surface area contributed by atoms with Crippen LogP contribution in [0.1, 0.15) is 12.8 Å². The van der Waals surface area contributed by atoms with Crippen molar-refractivity contribution in [3.63, 3.8) is 0 Å². The second-order valence-corrected chi connectivity index (χ2v) is 4.75. The maximum Gasteiger partial charge on any atom is 0.276 e. The fraction of sp³-hybridized carbons (Fsp3) is 0.500. The summed E-state index contributed by atoms with van der Waals surface area (Å²) in [6.45, 7) is 0.835. The summed E-state index contributed by atoms with van der Waals surface area (Å²) in [5.74, 6) is 0. The molecule has 18 heavy (non-hydrogen) atoms. The monoisotopic (exact) mass is 248 g/mol. The van der Waals surface area contributed by atoms with Gasteiger partial charge in [-0.05, 0) is 18.9 Å². The minimum Gasteiger partial charge on any atom is -0.390 e. The molecule has 1 aliphatic rings. The van der Waals surface area contributed by atoms with Gasteiger partial charge in [-0.15, -0.1) is 0 Å². The molecule has 1 atom stereocenters. The largest absolute Gasteiger partial charge is 0.390 e. The van der Waals surface area contributed by atoms with Gasteiger partial charge in [0, 0.05) is 25.0 Å². The number of rotatable bonds is 5. The molecule has 0 spiro atoms. The summed E-state index contributed by atoms with van der Waals surface area (Å²) < 4.78 is 3.06. The van der Waals surface area contributed by atoms with Crippen molar-refractivity contribution in [1.29, 1.82) is 0 Å². The number of aliphatic hydroxyl groups excluding tert-OH is 1. The number of nitrogens with one attached hydrogen (secondary N) is 1. The first kappa shape index (κ1) is 11.4. The quantitative estimate of drug-likeness (QED) is 0.756. The molecule has 2 N–H and O–H groups in total. The van der Waals surface area contributed by atoms with E-state index in [4.69, 9.17) is 0 Å². The Morgan fingerprint density at radius 3 is 3.11 bits per heavy atom. The zero-order valence-electron chi connectivity index (χ0n) is 9.99. The Bertz CT molecular complexity index is 599. The van der Waals surface area contributed by atoms with E-state index in [1.807, 2.05) is 0 Å². The van der Waals surface area contributed by atoms with Gasteiger partial charge in [-0.2, -0.15) is 5.10 Å². The van der Waals surface area contributed by atoms with Crippen molar-refractivity contribution < 1.29 is 5.11 Å². The van der Waals surface area contributed by atoms with Crippen LogP contribution in [0.3, 0.4) is 0 Å². The van der Waals surface area contributed by atoms with E-state index in [1.165, 1.54) is 21.9 Å². The van der Waals surface area contributed by atoms with Crippen molar-refractivity contribution in [3.8, 4) is 0 Å². The number of fused-ring (bicyclic) bond motifs is 1. The van der Waals surface area contributed by atoms with Crippen LogP contribution in [0.5, 0.6) is 0 Å². The lowest BCUT2D eigenvalue weighted by atomic mass is 10.3. The Hall–Kier alpha value is -1.66. The first-order valence-electron chi connectivity index (χ1n) is 6.18. The van der Waals surface area contributed by atoms with Crippen LogP contribution in [0.2, 0.25) is 0 Å². The highest BCUT2D eigenvalue weighted by Gasteiger charge is 2.21. The number of hydrogen-bond donors (Lipinski definition) is 2. The van der Waals surface area contributed by atoms with Crippen LogP contribution in [0.4, 0.5) is 0 Å². The van der Waals surface area contributed by atoms with E-state index >= 15 is 0 Å². The maximum absolute atomic E-state index is 12.0. The van der Waals surface area contributed by atoms with Crippen molar-refractivity contribution in [1.82, 2.24) is 19.5 Å². The van der Waals surface area contributed by atoms with Crippen LogP contribution in [0.25, 0.3) is 5.52 Å². The summed E-state index contributed by atoms with van der Waals surface area (Å²) in [6.07, 6.45) is 6.80. The molecule has 2 aromatic heterocycles. The third kappa shape index (κ3) is 2.30. The average molecular weight is 248 g/mol. The van der Waals surface area contributed by atoms with Crippen LogP contribution >= 0.6 is 0 Å². The van der Waals surface area contributed by atoms with E-state index < -0.39 is 6.10 Å². The maximum atomic E-state index is 12.0. The zero-order chi connectivity index (χ0) is 12.5. The predicted molar refractivity (Wildman–Crippen MR) is 66.5 cm³/mol. The Balaban J connectivity index is 1.72. The van der Waals surface area contributed by atoms with Gasteiger partial charge >= 0.3 is 0 Å². The van der Waals surface area contributed by atoms with Gasteiger partial charge in [-0.1, -0.05) is 0 Å². The number of aliphatic hydroxyl groups is 1. The van der Waals surface area contributed by atoms with Crippen LogP contribution in [-0.4, -0.2) is 38.0 Å². The van der Waals surface area contributed by atoms with Gasteiger partial charge in [0.1, 0.15) is 5.52 Å². The first-order chi connectivity index (χ1) is 8.74. The smallest absolute Gasteiger partial charge is 0.276 e. The minimum absolute atomic E-state index is 0.125. The molecular weight excluding hydrogens is 232 g/mol. The molecule has 6 heteroatoms. The molecule has 0 amide bonds. The highest BCUT2D eigenvalue weighted by atomic mass is 16.3. The van der Waals surface area contributed by atoms with Crippen molar-refractivity contribution >= 4 is 5.52 Å². The topological polar surface area (TPSA) is 71.6 Å². The van der Waals surface area contributed by atoms with Crippen LogP contribution < -0.4 is 10.9 Å². The fourth-order valence-electron chi connectivity index (χ4n) is 1.99. The highest BCUT2D eigenvalue weighted by Crippen LogP contribution is 2.18. The first-order valence-corrected chi connectivity index (χ1v) is 6.18. The van der Waals surface area contributed by atoms with E-state index in [-0.39, 0.29) is 5.56 Å². The third-order valence-corrected chi connectivity index (χ3v) is 3.17. The molecule has 0 saturated heterocycles. The molecule has 0 radical (unpaired) electrons. The summed E-state index contributed by atoms with van der Waals surface area (Å²) >= 11 is 0. The number of hydrogen-bond acceptors (Lipinski definition) is 4. The molecule has 0 aromatic carbocycles. The van der Waals surface area contributed by atoms with Gasteiger partial charge in [-0.25, -0.2) is 4.52 Å². The molecule has 1 fully saturated rings. The fourth-order valence-corrected chi connectivity index (χ4v) is 1.99. The van der Waals surface area contributed by atoms with Gasteiger partial charge in [0.05, 0.1) is 18.8 Å². The van der Waals surface area contributed by atoms with Gasteiger partial charge in [0.15, 0.2) is 0 Å². The predicted octanol–water partition coefficient (Wildman–Crippen LogP) is -0.391. The minimum atomic E-state index is -0.548. The molecule has 0 aliphatic heterocycles. The van der Waals surface area contributed by atoms with Crippen LogP contribution in [0.15, 0.2) is 29.5 Å². The highest BCUT2D eigenvalue weighted by molar-refractivity contribution is 5.42. The van der Waals surface area contributed by atoms with E-state index in [9.17, 15) is 9.90 Å². The SMILES string of the molecule is O=c1c2ccnn2ccn1CC(O)CNC1CC1. The molecule has 3 rings (SSSR count). The van der Waals surface area contributed by atoms with Gasteiger partial charge in [0.2, 0.25) is 0 Å². The Morgan fingerprint density at radius 1 is 1.50 bits per heavy atom. The van der Waals surface area contributed by atoms with Gasteiger partial charge in [-0.3, -0.25) is 4.79 Å². The summed E-state index contributed by atoms with van der Waals surface area (Å²) in [5.41, 5.74) is 0.403. The summed E-state index contributed by atoms with van der Waals surface area (Å²) in [7, 11) is 0. The average Bonchev–Trinajstić information content (AvgIpc) is 3.06. The van der Waals surface area contributed by atoms with Crippen molar-refractivity contribution in [2.45, 2.75) is 31.5 Å². The molecule has 1 aliphatic carbocycles. The Morgan fingerprint density at radius 2 is 2.33 bits per heavy atom. The number of aromatic nitrogens is 3. The van der Waals surface area contributed by atoms with Crippen molar-refractivity contribution in [2.75, 3.05) is 6.54 Å². The van der Waals surface area contributed by atoms with Gasteiger partial charge < -0.3 is 15.0 Å². The second kappa shape index (κ2) is 4.55. The van der Waals surface area contributed by atoms with E-state index in [0.29, 0.717) is 24.6 Å². The molecular formula is C12H16N4O2. The summed E-state index contributed by atoms with van der Waals surface area (Å²) in [4.78, 5) is 12.0. The normalized spacial score (nSPS) is 17.2. The summed E-state index contributed by atoms with van der Waals surface area (Å²) in [6, 6.07) is 2.24. The zero-order valence-corrected chi connectivity index (χ0v) is 9.99. The molecule has 0 bridgehead atoms. The van der Waals surface area contributed by atoms with E-state index in [2.05, 4.69) is 10.4 Å². The lowest BCUT2D eigenvalue weighted by Crippen LogP contribution is -2.34. The Kier molecular flexibility index (Phi) is 2.89. The molecule has 2 heterocycles. The van der Waals surface area contributed by atoms with Crippen LogP contribution in [-0.2, 0) is 6.54 Å². The molecule has 1 saturated carbocycles. The second-order valence-electron chi connectivity index (χ2n) is 4.75. The van der Waals surface area contributed by atoms with Crippen molar-refractivity contribution in [3.05, 3.63) is 35.0 Å². The van der Waals surface area contributed by atoms with Gasteiger partial charge in [0.25, 0.3) is 5.56 Å². The van der Waals surface area contributed by atoms with Crippen molar-refractivity contribution in [2.24, 2.45) is 0 Å².